The van der Waals surface area contributed by atoms with Gasteiger partial charge in [0, 0.05) is 26.3 Å². The number of ether oxygens (including phenoxy) is 1. The Labute approximate surface area is 113 Å². The summed E-state index contributed by atoms with van der Waals surface area (Å²) < 4.78 is 5.37. The van der Waals surface area contributed by atoms with E-state index in [1.54, 1.807) is 6.92 Å². The van der Waals surface area contributed by atoms with Crippen LogP contribution in [0.2, 0.25) is 5.02 Å². The van der Waals surface area contributed by atoms with Gasteiger partial charge in [-0.2, -0.15) is 0 Å². The van der Waals surface area contributed by atoms with Crippen LogP contribution in [0.15, 0.2) is 18.2 Å². The number of anilines is 1. The van der Waals surface area contributed by atoms with E-state index >= 15 is 0 Å². The van der Waals surface area contributed by atoms with Crippen molar-refractivity contribution < 1.29 is 9.84 Å². The van der Waals surface area contributed by atoms with E-state index in [-0.39, 0.29) is 0 Å². The van der Waals surface area contributed by atoms with Crippen LogP contribution >= 0.6 is 11.6 Å². The number of aliphatic hydroxyl groups excluding tert-OH is 1. The van der Waals surface area contributed by atoms with Crippen molar-refractivity contribution in [2.45, 2.75) is 31.9 Å². The Morgan fingerprint density at radius 3 is 2.61 bits per heavy atom. The minimum atomic E-state index is -0.482. The molecule has 1 atom stereocenters. The van der Waals surface area contributed by atoms with Crippen molar-refractivity contribution in [2.75, 3.05) is 25.2 Å². The van der Waals surface area contributed by atoms with Crippen LogP contribution in [0, 0.1) is 0 Å². The van der Waals surface area contributed by atoms with Crippen LogP contribution in [-0.2, 0) is 4.74 Å². The molecule has 0 spiro atoms. The average molecular weight is 270 g/mol. The SMILES string of the molecule is C[C@@H](O)c1ccc(N(C)C2CCOCC2)c(Cl)c1. The normalized spacial score (nSPS) is 18.7. The predicted octanol–water partition coefficient (Wildman–Crippen LogP) is 3.01. The van der Waals surface area contributed by atoms with Gasteiger partial charge >= 0.3 is 0 Å². The summed E-state index contributed by atoms with van der Waals surface area (Å²) in [5, 5.41) is 10.2. The molecule has 1 aliphatic rings. The van der Waals surface area contributed by atoms with Gasteiger partial charge in [0.2, 0.25) is 0 Å². The van der Waals surface area contributed by atoms with Gasteiger partial charge in [0.1, 0.15) is 0 Å². The van der Waals surface area contributed by atoms with Crippen molar-refractivity contribution in [3.8, 4) is 0 Å². The van der Waals surface area contributed by atoms with E-state index in [9.17, 15) is 5.11 Å². The summed E-state index contributed by atoms with van der Waals surface area (Å²) in [4.78, 5) is 2.22. The molecule has 100 valence electrons. The van der Waals surface area contributed by atoms with Crippen molar-refractivity contribution >= 4 is 17.3 Å². The van der Waals surface area contributed by atoms with Crippen LogP contribution in [0.3, 0.4) is 0 Å². The van der Waals surface area contributed by atoms with Crippen molar-refractivity contribution in [3.63, 3.8) is 0 Å². The molecule has 18 heavy (non-hydrogen) atoms. The van der Waals surface area contributed by atoms with Gasteiger partial charge in [-0.15, -0.1) is 0 Å². The lowest BCUT2D eigenvalue weighted by molar-refractivity contribution is 0.0855. The van der Waals surface area contributed by atoms with Gasteiger partial charge in [-0.1, -0.05) is 17.7 Å². The standard InChI is InChI=1S/C14H20ClNO2/c1-10(17)11-3-4-14(13(15)9-11)16(2)12-5-7-18-8-6-12/h3-4,9-10,12,17H,5-8H2,1-2H3/t10-/m1/s1. The van der Waals surface area contributed by atoms with Crippen LogP contribution in [0.25, 0.3) is 0 Å². The highest BCUT2D eigenvalue weighted by Gasteiger charge is 2.20. The summed E-state index contributed by atoms with van der Waals surface area (Å²) in [6, 6.07) is 6.24. The van der Waals surface area contributed by atoms with Gasteiger partial charge in [0.15, 0.2) is 0 Å². The molecule has 1 saturated heterocycles. The Morgan fingerprint density at radius 1 is 1.39 bits per heavy atom. The summed E-state index contributed by atoms with van der Waals surface area (Å²) in [6.07, 6.45) is 1.58. The predicted molar refractivity (Wildman–Crippen MR) is 74.3 cm³/mol. The third-order valence-corrected chi connectivity index (χ3v) is 3.88. The van der Waals surface area contributed by atoms with E-state index in [4.69, 9.17) is 16.3 Å². The number of nitrogens with zero attached hydrogens (tertiary/aromatic N) is 1. The summed E-state index contributed by atoms with van der Waals surface area (Å²) in [6.45, 7) is 3.38. The van der Waals surface area contributed by atoms with Gasteiger partial charge < -0.3 is 14.7 Å². The Hall–Kier alpha value is -0.770. The van der Waals surface area contributed by atoms with Crippen LogP contribution in [0.4, 0.5) is 5.69 Å². The maximum absolute atomic E-state index is 9.54. The number of halogens is 1. The monoisotopic (exact) mass is 269 g/mol. The van der Waals surface area contributed by atoms with Crippen molar-refractivity contribution in [2.24, 2.45) is 0 Å². The zero-order valence-corrected chi connectivity index (χ0v) is 11.7. The molecule has 0 aromatic heterocycles. The maximum atomic E-state index is 9.54. The first kappa shape index (κ1) is 13.7. The molecular weight excluding hydrogens is 250 g/mol. The van der Waals surface area contributed by atoms with Crippen LogP contribution in [0.5, 0.6) is 0 Å². The molecule has 0 saturated carbocycles. The van der Waals surface area contributed by atoms with E-state index < -0.39 is 6.10 Å². The third-order valence-electron chi connectivity index (χ3n) is 3.57. The van der Waals surface area contributed by atoms with E-state index in [0.717, 1.165) is 37.3 Å². The van der Waals surface area contributed by atoms with Crippen molar-refractivity contribution in [1.82, 2.24) is 0 Å². The molecule has 0 amide bonds. The molecule has 2 rings (SSSR count). The summed E-state index contributed by atoms with van der Waals surface area (Å²) in [5.41, 5.74) is 1.87. The Kier molecular flexibility index (Phi) is 4.49. The number of hydrogen-bond acceptors (Lipinski definition) is 3. The quantitative estimate of drug-likeness (QED) is 0.916. The maximum Gasteiger partial charge on any atom is 0.0762 e. The highest BCUT2D eigenvalue weighted by atomic mass is 35.5. The van der Waals surface area contributed by atoms with Gasteiger partial charge in [-0.05, 0) is 37.5 Å². The minimum Gasteiger partial charge on any atom is -0.389 e. The number of hydrogen-bond donors (Lipinski definition) is 1. The molecule has 0 radical (unpaired) electrons. The Balaban J connectivity index is 2.16. The fraction of sp³-hybridized carbons (Fsp3) is 0.571. The first-order valence-corrected chi connectivity index (χ1v) is 6.75. The smallest absolute Gasteiger partial charge is 0.0762 e. The van der Waals surface area contributed by atoms with E-state index in [0.29, 0.717) is 11.1 Å². The zero-order valence-electron chi connectivity index (χ0n) is 10.9. The van der Waals surface area contributed by atoms with E-state index in [1.807, 2.05) is 18.2 Å². The topological polar surface area (TPSA) is 32.7 Å². The molecule has 1 fully saturated rings. The molecule has 3 nitrogen and oxygen atoms in total. The molecule has 0 unspecified atom stereocenters. The number of rotatable bonds is 3. The Morgan fingerprint density at radius 2 is 2.06 bits per heavy atom. The molecule has 1 aromatic carbocycles. The fourth-order valence-electron chi connectivity index (χ4n) is 2.34. The highest BCUT2D eigenvalue weighted by molar-refractivity contribution is 6.33. The molecule has 0 bridgehead atoms. The van der Waals surface area contributed by atoms with Crippen LogP contribution in [-0.4, -0.2) is 31.4 Å². The first-order valence-electron chi connectivity index (χ1n) is 6.37. The summed E-state index contributed by atoms with van der Waals surface area (Å²) in [5.74, 6) is 0. The van der Waals surface area contributed by atoms with E-state index in [2.05, 4.69) is 11.9 Å². The van der Waals surface area contributed by atoms with Crippen LogP contribution in [0.1, 0.15) is 31.4 Å². The minimum absolute atomic E-state index is 0.480. The summed E-state index contributed by atoms with van der Waals surface area (Å²) in [7, 11) is 2.07. The lowest BCUT2D eigenvalue weighted by atomic mass is 10.1. The fourth-order valence-corrected chi connectivity index (χ4v) is 2.66. The van der Waals surface area contributed by atoms with Crippen molar-refractivity contribution in [1.29, 1.82) is 0 Å². The number of benzene rings is 1. The second-order valence-corrected chi connectivity index (χ2v) is 5.25. The van der Waals surface area contributed by atoms with Gasteiger partial charge in [-0.3, -0.25) is 0 Å². The molecule has 4 heteroatoms. The summed E-state index contributed by atoms with van der Waals surface area (Å²) >= 11 is 6.30. The van der Waals surface area contributed by atoms with Gasteiger partial charge in [-0.25, -0.2) is 0 Å². The number of aliphatic hydroxyl groups is 1. The Bertz CT molecular complexity index is 403. The van der Waals surface area contributed by atoms with Crippen molar-refractivity contribution in [3.05, 3.63) is 28.8 Å². The van der Waals surface area contributed by atoms with Gasteiger partial charge in [0.05, 0.1) is 16.8 Å². The second-order valence-electron chi connectivity index (χ2n) is 4.84. The van der Waals surface area contributed by atoms with E-state index in [1.165, 1.54) is 0 Å². The lowest BCUT2D eigenvalue weighted by Crippen LogP contribution is -2.36. The molecule has 1 aliphatic heterocycles. The molecule has 0 aliphatic carbocycles. The molecule has 1 aromatic rings. The van der Waals surface area contributed by atoms with Crippen LogP contribution < -0.4 is 4.90 Å². The average Bonchev–Trinajstić information content (AvgIpc) is 2.38. The second kappa shape index (κ2) is 5.91. The third kappa shape index (κ3) is 2.97. The lowest BCUT2D eigenvalue weighted by Gasteiger charge is -2.33. The largest absolute Gasteiger partial charge is 0.389 e. The molecule has 1 N–H and O–H groups in total. The molecular formula is C14H20ClNO2. The molecule has 1 heterocycles. The highest BCUT2D eigenvalue weighted by Crippen LogP contribution is 2.31. The zero-order chi connectivity index (χ0) is 13.1. The van der Waals surface area contributed by atoms with Gasteiger partial charge in [0.25, 0.3) is 0 Å². The first-order chi connectivity index (χ1) is 8.59.